The van der Waals surface area contributed by atoms with Crippen molar-refractivity contribution in [1.82, 2.24) is 9.62 Å². The summed E-state index contributed by atoms with van der Waals surface area (Å²) in [5.41, 5.74) is 0.918. The summed E-state index contributed by atoms with van der Waals surface area (Å²) in [5, 5.41) is 5.46. The van der Waals surface area contributed by atoms with Gasteiger partial charge in [-0.15, -0.1) is 11.3 Å². The van der Waals surface area contributed by atoms with E-state index in [2.05, 4.69) is 10.2 Å². The summed E-state index contributed by atoms with van der Waals surface area (Å²) >= 11 is 7.50. The summed E-state index contributed by atoms with van der Waals surface area (Å²) in [6.07, 6.45) is 7.80. The normalized spacial score (nSPS) is 19.3. The van der Waals surface area contributed by atoms with Gasteiger partial charge in [-0.05, 0) is 36.4 Å². The first-order valence-electron chi connectivity index (χ1n) is 11.3. The molecule has 2 aliphatic rings. The van der Waals surface area contributed by atoms with Crippen LogP contribution in [0.4, 0.5) is 5.69 Å². The van der Waals surface area contributed by atoms with Crippen LogP contribution < -0.4 is 10.2 Å². The van der Waals surface area contributed by atoms with Crippen molar-refractivity contribution in [3.63, 3.8) is 0 Å². The first-order chi connectivity index (χ1) is 15.5. The fourth-order valence-corrected chi connectivity index (χ4v) is 7.52. The van der Waals surface area contributed by atoms with E-state index in [1.54, 1.807) is 11.4 Å². The summed E-state index contributed by atoms with van der Waals surface area (Å²) in [5.74, 6) is -0.265. The number of thiophene rings is 1. The molecule has 0 atom stereocenters. The van der Waals surface area contributed by atoms with E-state index >= 15 is 0 Å². The van der Waals surface area contributed by atoms with Crippen molar-refractivity contribution in [1.29, 1.82) is 0 Å². The van der Waals surface area contributed by atoms with E-state index < -0.39 is 10.0 Å². The second-order valence-electron chi connectivity index (χ2n) is 8.47. The maximum absolute atomic E-state index is 13.4. The number of para-hydroxylation sites is 1. The average molecular weight is 496 g/mol. The molecular weight excluding hydrogens is 466 g/mol. The highest BCUT2D eigenvalue weighted by Crippen LogP contribution is 2.30. The van der Waals surface area contributed by atoms with Crippen LogP contribution in [0.3, 0.4) is 0 Å². The number of rotatable bonds is 5. The van der Waals surface area contributed by atoms with Gasteiger partial charge in [-0.1, -0.05) is 55.8 Å². The van der Waals surface area contributed by atoms with Gasteiger partial charge in [-0.25, -0.2) is 8.42 Å². The van der Waals surface area contributed by atoms with E-state index in [4.69, 9.17) is 11.6 Å². The minimum Gasteiger partial charge on any atom is -0.368 e. The zero-order valence-corrected chi connectivity index (χ0v) is 20.5. The predicted octanol–water partition coefficient (Wildman–Crippen LogP) is 4.76. The van der Waals surface area contributed by atoms with Crippen molar-refractivity contribution >= 4 is 44.6 Å². The van der Waals surface area contributed by atoms with Crippen LogP contribution in [-0.4, -0.2) is 50.9 Å². The smallest absolute Gasteiger partial charge is 0.262 e. The third-order valence-corrected chi connectivity index (χ3v) is 9.63. The molecule has 2 fully saturated rings. The molecule has 1 amide bonds. The molecule has 1 aliphatic heterocycles. The second-order valence-corrected chi connectivity index (χ2v) is 11.7. The molecule has 0 unspecified atom stereocenters. The van der Waals surface area contributed by atoms with Crippen molar-refractivity contribution in [3.05, 3.63) is 45.6 Å². The second kappa shape index (κ2) is 10.5. The molecule has 1 aromatic heterocycles. The number of nitrogens with zero attached hydrogens (tertiary/aromatic N) is 2. The molecule has 174 valence electrons. The van der Waals surface area contributed by atoms with Crippen LogP contribution in [0, 0.1) is 0 Å². The number of anilines is 1. The summed E-state index contributed by atoms with van der Waals surface area (Å²) < 4.78 is 28.2. The maximum atomic E-state index is 13.4. The van der Waals surface area contributed by atoms with E-state index in [-0.39, 0.29) is 16.8 Å². The molecule has 6 nitrogen and oxygen atoms in total. The Balaban J connectivity index is 1.43. The third kappa shape index (κ3) is 5.30. The first-order valence-corrected chi connectivity index (χ1v) is 14.0. The van der Waals surface area contributed by atoms with Crippen molar-refractivity contribution in [2.45, 2.75) is 55.9 Å². The molecule has 2 heterocycles. The van der Waals surface area contributed by atoms with Crippen molar-refractivity contribution in [3.8, 4) is 0 Å². The Morgan fingerprint density at radius 3 is 2.31 bits per heavy atom. The van der Waals surface area contributed by atoms with E-state index in [0.717, 1.165) is 31.4 Å². The third-order valence-electron chi connectivity index (χ3n) is 6.33. The molecule has 1 aromatic carbocycles. The molecule has 1 saturated heterocycles. The number of sulfonamides is 1. The van der Waals surface area contributed by atoms with Crippen LogP contribution in [0.1, 0.15) is 54.6 Å². The predicted molar refractivity (Wildman–Crippen MR) is 130 cm³/mol. The Kier molecular flexibility index (Phi) is 7.76. The molecule has 4 rings (SSSR count). The molecule has 1 aliphatic carbocycles. The lowest BCUT2D eigenvalue weighted by molar-refractivity contribution is 0.0931. The highest BCUT2D eigenvalue weighted by molar-refractivity contribution is 7.89. The molecule has 1 N–H and O–H groups in total. The number of nitrogens with one attached hydrogen (secondary N) is 1. The molecule has 0 radical (unpaired) electrons. The largest absolute Gasteiger partial charge is 0.368 e. The fraction of sp³-hybridized carbons (Fsp3) is 0.522. The lowest BCUT2D eigenvalue weighted by atomic mass is 9.97. The van der Waals surface area contributed by atoms with Gasteiger partial charge in [-0.3, -0.25) is 4.79 Å². The van der Waals surface area contributed by atoms with Gasteiger partial charge in [0.1, 0.15) is 9.77 Å². The minimum atomic E-state index is -3.74. The SMILES string of the molecule is O=C(NC1CCCCCCC1)c1sccc1S(=O)(=O)N1CCN(c2ccccc2Cl)CC1. The van der Waals surface area contributed by atoms with Gasteiger partial charge in [0.25, 0.3) is 5.91 Å². The molecule has 0 bridgehead atoms. The molecular formula is C23H30ClN3O3S2. The van der Waals surface area contributed by atoms with Gasteiger partial charge >= 0.3 is 0 Å². The van der Waals surface area contributed by atoms with Crippen LogP contribution in [0.15, 0.2) is 40.6 Å². The lowest BCUT2D eigenvalue weighted by Crippen LogP contribution is -2.49. The van der Waals surface area contributed by atoms with Crippen molar-refractivity contribution in [2.75, 3.05) is 31.1 Å². The van der Waals surface area contributed by atoms with Gasteiger partial charge in [0.05, 0.1) is 10.7 Å². The zero-order chi connectivity index (χ0) is 22.6. The van der Waals surface area contributed by atoms with Crippen molar-refractivity contribution < 1.29 is 13.2 Å². The molecule has 2 aromatic rings. The summed E-state index contributed by atoms with van der Waals surface area (Å²) in [7, 11) is -3.74. The number of piperazine rings is 1. The number of benzene rings is 1. The van der Waals surface area contributed by atoms with E-state index in [9.17, 15) is 13.2 Å². The molecule has 9 heteroatoms. The maximum Gasteiger partial charge on any atom is 0.262 e. The fourth-order valence-electron chi connectivity index (χ4n) is 4.53. The van der Waals surface area contributed by atoms with Crippen LogP contribution in [0.25, 0.3) is 0 Å². The van der Waals surface area contributed by atoms with Crippen LogP contribution in [0.5, 0.6) is 0 Å². The Labute approximate surface area is 199 Å². The number of carbonyl (C=O) groups is 1. The lowest BCUT2D eigenvalue weighted by Gasteiger charge is -2.35. The quantitative estimate of drug-likeness (QED) is 0.649. The Hall–Kier alpha value is -1.61. The first kappa shape index (κ1) is 23.5. The van der Waals surface area contributed by atoms with E-state index in [1.807, 2.05) is 24.3 Å². The molecule has 32 heavy (non-hydrogen) atoms. The topological polar surface area (TPSA) is 69.7 Å². The highest BCUT2D eigenvalue weighted by Gasteiger charge is 2.33. The number of hydrogen-bond donors (Lipinski definition) is 1. The van der Waals surface area contributed by atoms with Crippen LogP contribution >= 0.6 is 22.9 Å². The number of carbonyl (C=O) groups excluding carboxylic acids is 1. The summed E-state index contributed by atoms with van der Waals surface area (Å²) in [6.45, 7) is 1.81. The van der Waals surface area contributed by atoms with Gasteiger partial charge < -0.3 is 10.2 Å². The average Bonchev–Trinajstić information content (AvgIpc) is 3.27. The molecule has 1 saturated carbocycles. The van der Waals surface area contributed by atoms with E-state index in [0.29, 0.717) is 36.1 Å². The number of halogens is 1. The monoisotopic (exact) mass is 495 g/mol. The Bertz CT molecular complexity index is 1020. The van der Waals surface area contributed by atoms with Gasteiger partial charge in [0.2, 0.25) is 10.0 Å². The standard InChI is InChI=1S/C23H30ClN3O3S2/c24-19-10-6-7-11-20(19)26-13-15-27(16-14-26)32(29,30)21-12-17-31-22(21)23(28)25-18-8-4-2-1-3-5-9-18/h6-7,10-12,17-18H,1-5,8-9,13-16H2,(H,25,28). The summed E-state index contributed by atoms with van der Waals surface area (Å²) in [4.78, 5) is 15.5. The van der Waals surface area contributed by atoms with Crippen LogP contribution in [0.2, 0.25) is 5.02 Å². The summed E-state index contributed by atoms with van der Waals surface area (Å²) in [6, 6.07) is 9.28. The van der Waals surface area contributed by atoms with Crippen molar-refractivity contribution in [2.24, 2.45) is 0 Å². The number of hydrogen-bond acceptors (Lipinski definition) is 5. The highest BCUT2D eigenvalue weighted by atomic mass is 35.5. The van der Waals surface area contributed by atoms with Gasteiger partial charge in [0, 0.05) is 32.2 Å². The van der Waals surface area contributed by atoms with Crippen LogP contribution in [-0.2, 0) is 10.0 Å². The Morgan fingerprint density at radius 2 is 1.62 bits per heavy atom. The molecule has 0 spiro atoms. The Morgan fingerprint density at radius 1 is 0.969 bits per heavy atom. The van der Waals surface area contributed by atoms with E-state index in [1.165, 1.54) is 34.9 Å². The zero-order valence-electron chi connectivity index (χ0n) is 18.1. The number of amides is 1. The van der Waals surface area contributed by atoms with Gasteiger partial charge in [0.15, 0.2) is 0 Å². The van der Waals surface area contributed by atoms with Gasteiger partial charge in [-0.2, -0.15) is 4.31 Å². The minimum absolute atomic E-state index is 0.122.